The van der Waals surface area contributed by atoms with Gasteiger partial charge in [-0.15, -0.1) is 0 Å². The summed E-state index contributed by atoms with van der Waals surface area (Å²) in [5, 5.41) is 2.95. The number of amides is 1. The summed E-state index contributed by atoms with van der Waals surface area (Å²) in [6, 6.07) is 0. The molecule has 0 radical (unpaired) electrons. The zero-order valence-electron chi connectivity index (χ0n) is 10.0. The van der Waals surface area contributed by atoms with Crippen LogP contribution < -0.4 is 5.32 Å². The van der Waals surface area contributed by atoms with Gasteiger partial charge < -0.3 is 10.1 Å². The number of nitrogens with one attached hydrogen (secondary N) is 1. The first kappa shape index (κ1) is 12.5. The van der Waals surface area contributed by atoms with Crippen LogP contribution in [0.2, 0.25) is 0 Å². The Morgan fingerprint density at radius 3 is 2.47 bits per heavy atom. The van der Waals surface area contributed by atoms with E-state index in [9.17, 15) is 4.79 Å². The monoisotopic (exact) mass is 214 g/mol. The Morgan fingerprint density at radius 1 is 1.33 bits per heavy atom. The van der Waals surface area contributed by atoms with Crippen molar-refractivity contribution in [3.63, 3.8) is 0 Å². The Kier molecular flexibility index (Phi) is 4.54. The molecule has 0 atom stereocenters. The van der Waals surface area contributed by atoms with Crippen molar-refractivity contribution >= 4 is 5.91 Å². The fraction of sp³-hybridized carbons (Fsp3) is 0.909. The second kappa shape index (κ2) is 5.47. The normalized spacial score (nSPS) is 18.9. The van der Waals surface area contributed by atoms with Gasteiger partial charge in [-0.2, -0.15) is 0 Å². The number of ether oxygens (including phenoxy) is 1. The van der Waals surface area contributed by atoms with Crippen LogP contribution in [0.3, 0.4) is 0 Å². The van der Waals surface area contributed by atoms with Crippen LogP contribution in [0, 0.1) is 5.41 Å². The molecule has 0 spiro atoms. The van der Waals surface area contributed by atoms with E-state index in [-0.39, 0.29) is 11.3 Å². The maximum atomic E-state index is 11.6. The molecule has 4 heteroatoms. The molecule has 0 bridgehead atoms. The molecule has 0 unspecified atom stereocenters. The summed E-state index contributed by atoms with van der Waals surface area (Å²) < 4.78 is 5.22. The maximum Gasteiger partial charge on any atom is 0.234 e. The molecule has 1 N–H and O–H groups in total. The van der Waals surface area contributed by atoms with Gasteiger partial charge in [0.2, 0.25) is 5.91 Å². The average Bonchev–Trinajstić information content (AvgIpc) is 2.15. The van der Waals surface area contributed by atoms with Crippen molar-refractivity contribution in [1.82, 2.24) is 10.2 Å². The van der Waals surface area contributed by atoms with Gasteiger partial charge >= 0.3 is 0 Å². The molecule has 1 rings (SSSR count). The lowest BCUT2D eigenvalue weighted by atomic mass is 9.97. The van der Waals surface area contributed by atoms with Gasteiger partial charge in [-0.25, -0.2) is 0 Å². The number of rotatable bonds is 3. The first-order valence-corrected chi connectivity index (χ1v) is 5.54. The molecule has 1 saturated heterocycles. The fourth-order valence-corrected chi connectivity index (χ4v) is 1.38. The minimum Gasteiger partial charge on any atom is -0.379 e. The van der Waals surface area contributed by atoms with Gasteiger partial charge in [-0.3, -0.25) is 9.69 Å². The topological polar surface area (TPSA) is 41.6 Å². The molecule has 1 heterocycles. The van der Waals surface area contributed by atoms with Crippen molar-refractivity contribution in [2.24, 2.45) is 5.41 Å². The molecule has 1 amide bonds. The van der Waals surface area contributed by atoms with E-state index >= 15 is 0 Å². The van der Waals surface area contributed by atoms with Crippen LogP contribution in [0.25, 0.3) is 0 Å². The van der Waals surface area contributed by atoms with Gasteiger partial charge in [0.15, 0.2) is 0 Å². The molecule has 1 aliphatic rings. The highest BCUT2D eigenvalue weighted by Gasteiger charge is 2.16. The van der Waals surface area contributed by atoms with Crippen molar-refractivity contribution in [3.8, 4) is 0 Å². The van der Waals surface area contributed by atoms with Crippen molar-refractivity contribution < 1.29 is 9.53 Å². The molecule has 0 saturated carbocycles. The van der Waals surface area contributed by atoms with Gasteiger partial charge in [0.25, 0.3) is 0 Å². The highest BCUT2D eigenvalue weighted by atomic mass is 16.5. The van der Waals surface area contributed by atoms with Crippen LogP contribution in [0.1, 0.15) is 20.8 Å². The number of hydrogen-bond donors (Lipinski definition) is 1. The lowest BCUT2D eigenvalue weighted by Crippen LogP contribution is -2.44. The molecule has 15 heavy (non-hydrogen) atoms. The molecule has 0 aliphatic carbocycles. The van der Waals surface area contributed by atoms with Crippen molar-refractivity contribution in [2.75, 3.05) is 39.4 Å². The first-order valence-electron chi connectivity index (χ1n) is 5.54. The summed E-state index contributed by atoms with van der Waals surface area (Å²) >= 11 is 0. The van der Waals surface area contributed by atoms with Crippen LogP contribution in [-0.4, -0.2) is 50.2 Å². The molecule has 0 aromatic heterocycles. The third-order valence-electron chi connectivity index (χ3n) is 2.29. The Balaban J connectivity index is 2.17. The van der Waals surface area contributed by atoms with Gasteiger partial charge in [-0.05, 0) is 5.41 Å². The third kappa shape index (κ3) is 5.74. The Labute approximate surface area is 92.0 Å². The van der Waals surface area contributed by atoms with E-state index in [1.54, 1.807) is 0 Å². The summed E-state index contributed by atoms with van der Waals surface area (Å²) in [7, 11) is 0. The second-order valence-electron chi connectivity index (χ2n) is 5.23. The van der Waals surface area contributed by atoms with Crippen LogP contribution in [0.5, 0.6) is 0 Å². The molecular weight excluding hydrogens is 192 g/mol. The predicted molar refractivity (Wildman–Crippen MR) is 59.7 cm³/mol. The Morgan fingerprint density at radius 2 is 1.93 bits per heavy atom. The molecular formula is C11H22N2O2. The second-order valence-corrected chi connectivity index (χ2v) is 5.23. The number of carbonyl (C=O) groups excluding carboxylic acids is 1. The molecule has 0 aromatic rings. The minimum absolute atomic E-state index is 0.117. The summed E-state index contributed by atoms with van der Waals surface area (Å²) in [6.07, 6.45) is 0. The quantitative estimate of drug-likeness (QED) is 0.743. The van der Waals surface area contributed by atoms with E-state index in [2.05, 4.69) is 31.0 Å². The third-order valence-corrected chi connectivity index (χ3v) is 2.29. The Bertz CT molecular complexity index is 205. The van der Waals surface area contributed by atoms with E-state index in [1.165, 1.54) is 0 Å². The highest BCUT2D eigenvalue weighted by molar-refractivity contribution is 5.78. The van der Waals surface area contributed by atoms with E-state index in [4.69, 9.17) is 4.74 Å². The molecule has 1 aliphatic heterocycles. The van der Waals surface area contributed by atoms with Gasteiger partial charge in [-0.1, -0.05) is 20.8 Å². The lowest BCUT2D eigenvalue weighted by Gasteiger charge is -2.26. The molecule has 88 valence electrons. The SMILES string of the molecule is CC(C)(C)CNC(=O)CN1CCOCC1. The standard InChI is InChI=1S/C11H22N2O2/c1-11(2,3)9-12-10(14)8-13-4-6-15-7-5-13/h4-9H2,1-3H3,(H,12,14). The fourth-order valence-electron chi connectivity index (χ4n) is 1.38. The van der Waals surface area contributed by atoms with Crippen LogP contribution >= 0.6 is 0 Å². The van der Waals surface area contributed by atoms with Crippen molar-refractivity contribution in [3.05, 3.63) is 0 Å². The van der Waals surface area contributed by atoms with Crippen LogP contribution in [0.4, 0.5) is 0 Å². The van der Waals surface area contributed by atoms with Gasteiger partial charge in [0, 0.05) is 19.6 Å². The number of carbonyl (C=O) groups is 1. The molecule has 1 fully saturated rings. The van der Waals surface area contributed by atoms with E-state index in [1.807, 2.05) is 0 Å². The number of hydrogen-bond acceptors (Lipinski definition) is 3. The summed E-state index contributed by atoms with van der Waals surface area (Å²) in [6.45, 7) is 10.8. The predicted octanol–water partition coefficient (Wildman–Crippen LogP) is 0.481. The largest absolute Gasteiger partial charge is 0.379 e. The summed E-state index contributed by atoms with van der Waals surface area (Å²) in [5.74, 6) is 0.117. The van der Waals surface area contributed by atoms with E-state index in [0.717, 1.165) is 32.8 Å². The van der Waals surface area contributed by atoms with Crippen molar-refractivity contribution in [1.29, 1.82) is 0 Å². The number of morpholine rings is 1. The van der Waals surface area contributed by atoms with Gasteiger partial charge in [0.1, 0.15) is 0 Å². The summed E-state index contributed by atoms with van der Waals surface area (Å²) in [5.41, 5.74) is 0.153. The maximum absolute atomic E-state index is 11.6. The van der Waals surface area contributed by atoms with Crippen LogP contribution in [-0.2, 0) is 9.53 Å². The van der Waals surface area contributed by atoms with E-state index < -0.39 is 0 Å². The molecule has 0 aromatic carbocycles. The number of nitrogens with zero attached hydrogens (tertiary/aromatic N) is 1. The van der Waals surface area contributed by atoms with Gasteiger partial charge in [0.05, 0.1) is 19.8 Å². The van der Waals surface area contributed by atoms with Crippen molar-refractivity contribution in [2.45, 2.75) is 20.8 Å². The minimum atomic E-state index is 0.117. The summed E-state index contributed by atoms with van der Waals surface area (Å²) in [4.78, 5) is 13.7. The van der Waals surface area contributed by atoms with Crippen LogP contribution in [0.15, 0.2) is 0 Å². The smallest absolute Gasteiger partial charge is 0.234 e. The Hall–Kier alpha value is -0.610. The average molecular weight is 214 g/mol. The highest BCUT2D eigenvalue weighted by Crippen LogP contribution is 2.10. The zero-order valence-corrected chi connectivity index (χ0v) is 10.0. The van der Waals surface area contributed by atoms with E-state index in [0.29, 0.717) is 6.54 Å². The zero-order chi connectivity index (χ0) is 11.3. The first-order chi connectivity index (χ1) is 6.97. The molecule has 4 nitrogen and oxygen atoms in total. The lowest BCUT2D eigenvalue weighted by molar-refractivity contribution is -0.123.